The Morgan fingerprint density at radius 2 is 1.93 bits per heavy atom. The summed E-state index contributed by atoms with van der Waals surface area (Å²) in [6, 6.07) is 2.47. The van der Waals surface area contributed by atoms with Crippen molar-refractivity contribution in [2.45, 2.75) is 18.9 Å². The van der Waals surface area contributed by atoms with E-state index in [0.29, 0.717) is 0 Å². The van der Waals surface area contributed by atoms with E-state index in [9.17, 15) is 13.6 Å². The molecule has 0 saturated heterocycles. The number of hydrogen-bond donors (Lipinski definition) is 0. The summed E-state index contributed by atoms with van der Waals surface area (Å²) in [4.78, 5) is 10.6. The smallest absolute Gasteiger partial charge is 0.202 e. The van der Waals surface area contributed by atoms with Crippen molar-refractivity contribution < 1.29 is 18.3 Å². The van der Waals surface area contributed by atoms with Gasteiger partial charge in [-0.3, -0.25) is 4.79 Å². The minimum atomic E-state index is -1.13. The molecule has 0 spiro atoms. The number of carbonyl (C=O) groups excluding carboxylic acids is 1. The second-order valence-electron chi connectivity index (χ2n) is 3.36. The second-order valence-corrected chi connectivity index (χ2v) is 3.77. The molecule has 0 atom stereocenters. The Morgan fingerprint density at radius 1 is 1.27 bits per heavy atom. The van der Waals surface area contributed by atoms with Crippen molar-refractivity contribution in [3.05, 3.63) is 28.8 Å². The van der Waals surface area contributed by atoms with Crippen LogP contribution in [0.15, 0.2) is 12.1 Å². The summed E-state index contributed by atoms with van der Waals surface area (Å²) in [6.45, 7) is 0. The number of hydrogen-bond acceptors (Lipinski definition) is 2. The highest BCUT2D eigenvalue weighted by Crippen LogP contribution is 2.29. The highest BCUT2D eigenvalue weighted by molar-refractivity contribution is 6.30. The monoisotopic (exact) mass is 232 g/mol. The van der Waals surface area contributed by atoms with Crippen LogP contribution in [0.5, 0.6) is 5.75 Å². The number of carbonyl (C=O) groups is 1. The molecule has 15 heavy (non-hydrogen) atoms. The van der Waals surface area contributed by atoms with Gasteiger partial charge in [-0.15, -0.1) is 0 Å². The summed E-state index contributed by atoms with van der Waals surface area (Å²) in [6.07, 6.45) is 0.167. The van der Waals surface area contributed by atoms with Gasteiger partial charge in [0.05, 0.1) is 5.02 Å². The first-order valence-electron chi connectivity index (χ1n) is 4.40. The van der Waals surface area contributed by atoms with Crippen molar-refractivity contribution in [1.29, 1.82) is 0 Å². The maximum atomic E-state index is 13.2. The minimum Gasteiger partial charge on any atom is -0.486 e. The van der Waals surface area contributed by atoms with Gasteiger partial charge in [0.2, 0.25) is 5.82 Å². The average molecular weight is 233 g/mol. The Labute approximate surface area is 89.8 Å². The summed E-state index contributed by atoms with van der Waals surface area (Å²) in [5.74, 6) is -2.37. The lowest BCUT2D eigenvalue weighted by Crippen LogP contribution is -2.34. The maximum absolute atomic E-state index is 13.2. The van der Waals surface area contributed by atoms with E-state index >= 15 is 0 Å². The molecule has 0 unspecified atom stereocenters. The fourth-order valence-corrected chi connectivity index (χ4v) is 1.46. The molecule has 0 radical (unpaired) electrons. The summed E-state index contributed by atoms with van der Waals surface area (Å²) in [5, 5.41) is -0.287. The third-order valence-corrected chi connectivity index (χ3v) is 2.50. The third-order valence-electron chi connectivity index (χ3n) is 2.20. The Bertz CT molecular complexity index is 412. The molecule has 0 aromatic heterocycles. The molecule has 0 amide bonds. The van der Waals surface area contributed by atoms with E-state index in [0.717, 1.165) is 0 Å². The molecule has 0 heterocycles. The molecule has 0 aliphatic heterocycles. The van der Waals surface area contributed by atoms with Crippen molar-refractivity contribution in [3.63, 3.8) is 0 Å². The van der Waals surface area contributed by atoms with E-state index < -0.39 is 11.6 Å². The van der Waals surface area contributed by atoms with Crippen LogP contribution < -0.4 is 4.74 Å². The predicted molar refractivity (Wildman–Crippen MR) is 50.0 cm³/mol. The quantitative estimate of drug-likeness (QED) is 0.733. The van der Waals surface area contributed by atoms with Gasteiger partial charge in [-0.1, -0.05) is 11.6 Å². The largest absolute Gasteiger partial charge is 0.486 e. The molecule has 1 saturated carbocycles. The van der Waals surface area contributed by atoms with Crippen molar-refractivity contribution in [2.24, 2.45) is 0 Å². The van der Waals surface area contributed by atoms with E-state index in [1.165, 1.54) is 12.1 Å². The van der Waals surface area contributed by atoms with Crippen molar-refractivity contribution in [2.75, 3.05) is 0 Å². The van der Waals surface area contributed by atoms with Crippen LogP contribution in [0, 0.1) is 11.6 Å². The van der Waals surface area contributed by atoms with Crippen LogP contribution in [0.25, 0.3) is 0 Å². The van der Waals surface area contributed by atoms with Crippen molar-refractivity contribution >= 4 is 17.4 Å². The summed E-state index contributed by atoms with van der Waals surface area (Å²) < 4.78 is 31.3. The van der Waals surface area contributed by atoms with Crippen molar-refractivity contribution in [1.82, 2.24) is 0 Å². The zero-order valence-corrected chi connectivity index (χ0v) is 8.35. The summed E-state index contributed by atoms with van der Waals surface area (Å²) >= 11 is 5.37. The zero-order chi connectivity index (χ0) is 11.0. The van der Waals surface area contributed by atoms with Crippen molar-refractivity contribution in [3.8, 4) is 5.75 Å². The van der Waals surface area contributed by atoms with Gasteiger partial charge in [-0.25, -0.2) is 4.39 Å². The molecule has 0 bridgehead atoms. The van der Waals surface area contributed by atoms with Gasteiger partial charge in [0.25, 0.3) is 0 Å². The van der Waals surface area contributed by atoms with Gasteiger partial charge in [-0.05, 0) is 12.1 Å². The molecule has 1 aromatic carbocycles. The first-order chi connectivity index (χ1) is 7.08. The number of halogens is 3. The Hall–Kier alpha value is -1.16. The number of ether oxygens (including phenoxy) is 1. The van der Waals surface area contributed by atoms with Crippen LogP contribution in [-0.2, 0) is 4.79 Å². The molecule has 2 rings (SSSR count). The number of ketones is 1. The number of benzene rings is 1. The standard InChI is InChI=1S/C10H7ClF2O2/c11-7-1-2-8(10(13)9(7)12)15-6-3-5(14)4-6/h1-2,6H,3-4H2. The van der Waals surface area contributed by atoms with Gasteiger partial charge >= 0.3 is 0 Å². The van der Waals surface area contributed by atoms with Crippen LogP contribution >= 0.6 is 11.6 Å². The van der Waals surface area contributed by atoms with E-state index in [2.05, 4.69) is 0 Å². The van der Waals surface area contributed by atoms with E-state index in [4.69, 9.17) is 16.3 Å². The van der Waals surface area contributed by atoms with Crippen LogP contribution in [-0.4, -0.2) is 11.9 Å². The molecule has 1 aromatic rings. The summed E-state index contributed by atoms with van der Waals surface area (Å²) in [5.41, 5.74) is 0. The highest BCUT2D eigenvalue weighted by Gasteiger charge is 2.29. The lowest BCUT2D eigenvalue weighted by molar-refractivity contribution is -0.129. The predicted octanol–water partition coefficient (Wildman–Crippen LogP) is 2.73. The first-order valence-corrected chi connectivity index (χ1v) is 4.77. The van der Waals surface area contributed by atoms with E-state index in [-0.39, 0.29) is 35.5 Å². The van der Waals surface area contributed by atoms with Crippen LogP contribution in [0.1, 0.15) is 12.8 Å². The first kappa shape index (κ1) is 10.4. The number of rotatable bonds is 2. The van der Waals surface area contributed by atoms with Gasteiger partial charge in [0.1, 0.15) is 11.9 Å². The van der Waals surface area contributed by atoms with Gasteiger partial charge in [0.15, 0.2) is 11.6 Å². The van der Waals surface area contributed by atoms with Crippen LogP contribution in [0.3, 0.4) is 0 Å². The maximum Gasteiger partial charge on any atom is 0.202 e. The normalized spacial score (nSPS) is 16.3. The molecule has 80 valence electrons. The molecule has 1 aliphatic rings. The third kappa shape index (κ3) is 1.95. The van der Waals surface area contributed by atoms with Gasteiger partial charge in [-0.2, -0.15) is 4.39 Å². The molecule has 1 fully saturated rings. The molecule has 2 nitrogen and oxygen atoms in total. The fraction of sp³-hybridized carbons (Fsp3) is 0.300. The second kappa shape index (κ2) is 3.77. The van der Waals surface area contributed by atoms with Crippen LogP contribution in [0.2, 0.25) is 5.02 Å². The molecular formula is C10H7ClF2O2. The molecular weight excluding hydrogens is 226 g/mol. The summed E-state index contributed by atoms with van der Waals surface area (Å²) in [7, 11) is 0. The Kier molecular flexibility index (Phi) is 2.61. The lowest BCUT2D eigenvalue weighted by Gasteiger charge is -2.25. The average Bonchev–Trinajstić information content (AvgIpc) is 2.16. The van der Waals surface area contributed by atoms with E-state index in [1.807, 2.05) is 0 Å². The van der Waals surface area contributed by atoms with Gasteiger partial charge in [0, 0.05) is 12.8 Å². The fourth-order valence-electron chi connectivity index (χ4n) is 1.31. The highest BCUT2D eigenvalue weighted by atomic mass is 35.5. The molecule has 5 heteroatoms. The Balaban J connectivity index is 2.15. The Morgan fingerprint density at radius 3 is 2.53 bits per heavy atom. The zero-order valence-electron chi connectivity index (χ0n) is 7.60. The van der Waals surface area contributed by atoms with Gasteiger partial charge < -0.3 is 4.74 Å². The SMILES string of the molecule is O=C1CC(Oc2ccc(Cl)c(F)c2F)C1. The van der Waals surface area contributed by atoms with Crippen LogP contribution in [0.4, 0.5) is 8.78 Å². The number of Topliss-reactive ketones (excluding diaryl/α,β-unsaturated/α-hetero) is 1. The minimum absolute atomic E-state index is 0.0647. The van der Waals surface area contributed by atoms with E-state index in [1.54, 1.807) is 0 Å². The molecule has 0 N–H and O–H groups in total. The topological polar surface area (TPSA) is 26.3 Å². The lowest BCUT2D eigenvalue weighted by atomic mass is 9.94. The molecule has 1 aliphatic carbocycles.